The molecule has 4 N–H and O–H groups in total. The average Bonchev–Trinajstić information content (AvgIpc) is 3.33. The van der Waals surface area contributed by atoms with Crippen molar-refractivity contribution < 1.29 is 45.6 Å². The highest BCUT2D eigenvalue weighted by Crippen LogP contribution is 2.65. The molecule has 4 fully saturated rings. The first-order valence-electron chi connectivity index (χ1n) is 17.5. The lowest BCUT2D eigenvalue weighted by molar-refractivity contribution is -0.148. The fraction of sp³-hybridized carbons (Fsp3) is 0.794. The summed E-state index contributed by atoms with van der Waals surface area (Å²) >= 11 is 0. The molecule has 282 valence electrons. The Morgan fingerprint density at radius 2 is 1.64 bits per heavy atom. The molecule has 5 amide bonds. The number of halogens is 3. The first kappa shape index (κ1) is 39.6. The normalized spacial score (nSPS) is 27.6. The molecule has 2 saturated heterocycles. The maximum atomic E-state index is 14.4. The van der Waals surface area contributed by atoms with E-state index in [0.717, 1.165) is 19.3 Å². The van der Waals surface area contributed by atoms with Crippen LogP contribution >= 0.6 is 0 Å². The van der Waals surface area contributed by atoms with Crippen LogP contribution in [0.2, 0.25) is 0 Å². The molecule has 12 nitrogen and oxygen atoms in total. The van der Waals surface area contributed by atoms with Gasteiger partial charge in [-0.2, -0.15) is 13.2 Å². The van der Waals surface area contributed by atoms with Crippen molar-refractivity contribution in [3.8, 4) is 0 Å². The number of sulfone groups is 1. The number of hydrogen-bond donors (Lipinski definition) is 4. The van der Waals surface area contributed by atoms with Gasteiger partial charge in [-0.1, -0.05) is 60.0 Å². The molecule has 4 aliphatic rings. The summed E-state index contributed by atoms with van der Waals surface area (Å²) in [6.45, 7) is 12.5. The SMILES string of the molecule is C=CCNC(=O)C(=O)C(CCC(F)(F)F)NC(=O)[C@@H]1[C@@H]2[C@H](CN1C(=O)[C@@H](NC(=O)NC1(C3CCCS3(=O)=O)CCCCC1)C(C)(C)C)C2(C)C. The van der Waals surface area contributed by atoms with Crippen molar-refractivity contribution in [1.29, 1.82) is 0 Å². The van der Waals surface area contributed by atoms with E-state index in [4.69, 9.17) is 0 Å². The van der Waals surface area contributed by atoms with Crippen molar-refractivity contribution in [3.05, 3.63) is 12.7 Å². The number of piperidine rings is 1. The molecule has 0 aromatic heterocycles. The van der Waals surface area contributed by atoms with Gasteiger partial charge in [0.1, 0.15) is 12.1 Å². The van der Waals surface area contributed by atoms with Crippen molar-refractivity contribution in [2.45, 2.75) is 127 Å². The summed E-state index contributed by atoms with van der Waals surface area (Å²) in [7, 11) is -3.42. The topological polar surface area (TPSA) is 171 Å². The van der Waals surface area contributed by atoms with E-state index >= 15 is 0 Å². The summed E-state index contributed by atoms with van der Waals surface area (Å²) in [4.78, 5) is 68.7. The largest absolute Gasteiger partial charge is 0.389 e. The minimum Gasteiger partial charge on any atom is -0.346 e. The molecule has 2 aliphatic heterocycles. The molecule has 0 bridgehead atoms. The Morgan fingerprint density at radius 1 is 1.00 bits per heavy atom. The number of amides is 5. The smallest absolute Gasteiger partial charge is 0.346 e. The van der Waals surface area contributed by atoms with Crippen molar-refractivity contribution in [3.63, 3.8) is 0 Å². The highest BCUT2D eigenvalue weighted by atomic mass is 32.2. The molecule has 0 aromatic rings. The summed E-state index contributed by atoms with van der Waals surface area (Å²) in [5.41, 5.74) is -2.25. The molecule has 16 heteroatoms. The van der Waals surface area contributed by atoms with E-state index in [1.807, 2.05) is 13.8 Å². The minimum absolute atomic E-state index is 0.0606. The predicted octanol–water partition coefficient (Wildman–Crippen LogP) is 3.16. The summed E-state index contributed by atoms with van der Waals surface area (Å²) < 4.78 is 65.6. The van der Waals surface area contributed by atoms with Gasteiger partial charge in [0.25, 0.3) is 5.91 Å². The van der Waals surface area contributed by atoms with E-state index < -0.39 is 98.1 Å². The van der Waals surface area contributed by atoms with Gasteiger partial charge in [-0.25, -0.2) is 13.2 Å². The van der Waals surface area contributed by atoms with Crippen LogP contribution in [0.3, 0.4) is 0 Å². The molecule has 2 aliphatic carbocycles. The molecule has 50 heavy (non-hydrogen) atoms. The number of rotatable bonds is 12. The molecule has 0 aromatic carbocycles. The zero-order valence-corrected chi connectivity index (χ0v) is 30.4. The number of likely N-dealkylation sites (tertiary alicyclic amines) is 1. The number of Topliss-reactive ketones (excluding diaryl/α,β-unsaturated/α-hetero) is 1. The summed E-state index contributed by atoms with van der Waals surface area (Å²) in [5, 5.41) is 9.63. The number of ketones is 1. The third-order valence-corrected chi connectivity index (χ3v) is 13.6. The van der Waals surface area contributed by atoms with Crippen LogP contribution in [0.5, 0.6) is 0 Å². The second kappa shape index (κ2) is 14.5. The number of alkyl halides is 3. The Kier molecular flexibility index (Phi) is 11.5. The third kappa shape index (κ3) is 8.47. The number of fused-ring (bicyclic) bond motifs is 1. The van der Waals surface area contributed by atoms with Crippen LogP contribution in [-0.4, -0.2) is 96.8 Å². The lowest BCUT2D eigenvalue weighted by atomic mass is 9.78. The van der Waals surface area contributed by atoms with E-state index in [0.29, 0.717) is 25.7 Å². The van der Waals surface area contributed by atoms with Crippen molar-refractivity contribution in [2.75, 3.05) is 18.8 Å². The Hall–Kier alpha value is -3.17. The summed E-state index contributed by atoms with van der Waals surface area (Å²) in [5.74, 6) is -4.33. The van der Waals surface area contributed by atoms with Crippen LogP contribution in [0.15, 0.2) is 12.7 Å². The van der Waals surface area contributed by atoms with Gasteiger partial charge in [0.15, 0.2) is 9.84 Å². The molecule has 0 spiro atoms. The Labute approximate surface area is 292 Å². The zero-order valence-electron chi connectivity index (χ0n) is 29.6. The van der Waals surface area contributed by atoms with E-state index in [1.165, 1.54) is 11.0 Å². The summed E-state index contributed by atoms with van der Waals surface area (Å²) in [6, 6.07) is -4.85. The van der Waals surface area contributed by atoms with Crippen LogP contribution in [0.25, 0.3) is 0 Å². The fourth-order valence-corrected chi connectivity index (χ4v) is 10.7. The maximum Gasteiger partial charge on any atom is 0.389 e. The average molecular weight is 732 g/mol. The van der Waals surface area contributed by atoms with E-state index in [2.05, 4.69) is 27.8 Å². The Morgan fingerprint density at radius 3 is 2.18 bits per heavy atom. The minimum atomic E-state index is -4.66. The van der Waals surface area contributed by atoms with Crippen LogP contribution < -0.4 is 21.3 Å². The first-order chi connectivity index (χ1) is 23.1. The van der Waals surface area contributed by atoms with Crippen molar-refractivity contribution >= 4 is 39.4 Å². The molecule has 6 atom stereocenters. The highest BCUT2D eigenvalue weighted by Gasteiger charge is 2.70. The molecular formula is C34H52F3N5O7S. The van der Waals surface area contributed by atoms with Crippen molar-refractivity contribution in [1.82, 2.24) is 26.2 Å². The van der Waals surface area contributed by atoms with Gasteiger partial charge in [-0.15, -0.1) is 6.58 Å². The van der Waals surface area contributed by atoms with E-state index in [9.17, 15) is 45.6 Å². The second-order valence-corrected chi connectivity index (χ2v) is 18.4. The second-order valence-electron chi connectivity index (χ2n) is 16.1. The monoisotopic (exact) mass is 731 g/mol. The van der Waals surface area contributed by atoms with Gasteiger partial charge < -0.3 is 26.2 Å². The van der Waals surface area contributed by atoms with Gasteiger partial charge in [-0.3, -0.25) is 19.2 Å². The van der Waals surface area contributed by atoms with E-state index in [-0.39, 0.29) is 30.7 Å². The molecule has 0 radical (unpaired) electrons. The number of nitrogens with zero attached hydrogens (tertiary/aromatic N) is 1. The number of carbonyl (C=O) groups excluding carboxylic acids is 5. The quantitative estimate of drug-likeness (QED) is 0.177. The predicted molar refractivity (Wildman–Crippen MR) is 179 cm³/mol. The van der Waals surface area contributed by atoms with Crippen LogP contribution in [-0.2, 0) is 29.0 Å². The van der Waals surface area contributed by atoms with Gasteiger partial charge in [-0.05, 0) is 54.8 Å². The molecule has 2 saturated carbocycles. The lowest BCUT2D eigenvalue weighted by Crippen LogP contribution is -2.65. The Balaban J connectivity index is 1.57. The summed E-state index contributed by atoms with van der Waals surface area (Å²) in [6.07, 6.45) is -1.33. The first-order valence-corrected chi connectivity index (χ1v) is 19.2. The lowest BCUT2D eigenvalue weighted by Gasteiger charge is -2.43. The van der Waals surface area contributed by atoms with Crippen LogP contribution in [0, 0.1) is 22.7 Å². The third-order valence-electron chi connectivity index (χ3n) is 11.2. The zero-order chi connectivity index (χ0) is 37.4. The number of hydrogen-bond acceptors (Lipinski definition) is 7. The fourth-order valence-electron chi connectivity index (χ4n) is 8.39. The maximum absolute atomic E-state index is 14.4. The Bertz CT molecular complexity index is 1470. The van der Waals surface area contributed by atoms with E-state index in [1.54, 1.807) is 20.8 Å². The van der Waals surface area contributed by atoms with Gasteiger partial charge in [0.05, 0.1) is 22.6 Å². The molecule has 2 heterocycles. The van der Waals surface area contributed by atoms with Gasteiger partial charge >= 0.3 is 12.2 Å². The molecule has 2 unspecified atom stereocenters. The molecular weight excluding hydrogens is 679 g/mol. The standard InChI is InChI=1S/C34H52F3N5O7S/c1-7-17-38-28(45)25(43)21(13-16-34(35,36)37)39-27(44)24-23-20(32(23,5)6)19-42(24)29(46)26(31(2,3)4)40-30(47)41-33(14-9-8-10-15-33)22-12-11-18-50(22,48)49/h7,20-24,26H,1,8-19H2,2-6H3,(H,38,45)(H,39,44)(H2,40,41,47)/t20-,21?,22?,23-,24-,26+/m0/s1. The van der Waals surface area contributed by atoms with Crippen LogP contribution in [0.1, 0.15) is 92.4 Å². The number of nitrogens with one attached hydrogen (secondary N) is 4. The van der Waals surface area contributed by atoms with Gasteiger partial charge in [0, 0.05) is 19.5 Å². The van der Waals surface area contributed by atoms with Crippen LogP contribution in [0.4, 0.5) is 18.0 Å². The highest BCUT2D eigenvalue weighted by molar-refractivity contribution is 7.92. The van der Waals surface area contributed by atoms with Gasteiger partial charge in [0.2, 0.25) is 17.6 Å². The molecule has 4 rings (SSSR count). The number of urea groups is 1. The number of carbonyl (C=O) groups is 5. The van der Waals surface area contributed by atoms with Crippen molar-refractivity contribution in [2.24, 2.45) is 22.7 Å².